The molecule has 2 saturated heterocycles. The Labute approximate surface area is 153 Å². The van der Waals surface area contributed by atoms with E-state index in [4.69, 9.17) is 16.3 Å². The van der Waals surface area contributed by atoms with Crippen molar-refractivity contribution in [3.63, 3.8) is 0 Å². The molecule has 0 spiro atoms. The molecule has 25 heavy (non-hydrogen) atoms. The number of benzene rings is 1. The first kappa shape index (κ1) is 18.1. The maximum Gasteiger partial charge on any atom is 0.260 e. The number of likely N-dealkylation sites (tertiary alicyclic amines) is 2. The minimum absolute atomic E-state index is 0.0194. The second-order valence-electron chi connectivity index (χ2n) is 6.76. The van der Waals surface area contributed by atoms with E-state index in [9.17, 15) is 9.59 Å². The summed E-state index contributed by atoms with van der Waals surface area (Å²) in [5.74, 6) is 0.808. The lowest BCUT2D eigenvalue weighted by Crippen LogP contribution is -2.46. The Bertz CT molecular complexity index is 608. The van der Waals surface area contributed by atoms with Crippen molar-refractivity contribution < 1.29 is 14.3 Å². The Balaban J connectivity index is 1.44. The van der Waals surface area contributed by atoms with Crippen LogP contribution in [-0.4, -0.2) is 54.4 Å². The number of para-hydroxylation sites is 1. The molecule has 0 saturated carbocycles. The molecule has 2 fully saturated rings. The van der Waals surface area contributed by atoms with E-state index in [2.05, 4.69) is 0 Å². The van der Waals surface area contributed by atoms with Gasteiger partial charge in [-0.25, -0.2) is 0 Å². The van der Waals surface area contributed by atoms with Gasteiger partial charge in [0.15, 0.2) is 6.61 Å². The molecule has 3 rings (SSSR count). The Morgan fingerprint density at radius 3 is 2.36 bits per heavy atom. The van der Waals surface area contributed by atoms with Crippen molar-refractivity contribution in [2.24, 2.45) is 5.92 Å². The number of ether oxygens (including phenoxy) is 1. The zero-order valence-corrected chi connectivity index (χ0v) is 15.2. The SMILES string of the molecule is O=C(COc1ccccc1Cl)N1CCC(C(=O)N2CCCCC2)CC1. The van der Waals surface area contributed by atoms with E-state index in [1.807, 2.05) is 17.0 Å². The number of nitrogens with zero attached hydrogens (tertiary/aromatic N) is 2. The molecule has 5 nitrogen and oxygen atoms in total. The molecule has 0 bridgehead atoms. The third kappa shape index (κ3) is 4.66. The number of piperidine rings is 2. The number of hydrogen-bond acceptors (Lipinski definition) is 3. The van der Waals surface area contributed by atoms with E-state index in [1.165, 1.54) is 6.42 Å². The molecule has 1 aromatic carbocycles. The Morgan fingerprint density at radius 2 is 1.68 bits per heavy atom. The fraction of sp³-hybridized carbons (Fsp3) is 0.579. The van der Waals surface area contributed by atoms with Crippen LogP contribution in [0.25, 0.3) is 0 Å². The molecule has 0 aromatic heterocycles. The molecule has 2 amide bonds. The molecule has 0 aliphatic carbocycles. The van der Waals surface area contributed by atoms with Gasteiger partial charge < -0.3 is 14.5 Å². The molecule has 2 heterocycles. The van der Waals surface area contributed by atoms with Crippen molar-refractivity contribution in [3.8, 4) is 5.75 Å². The minimum Gasteiger partial charge on any atom is -0.482 e. The summed E-state index contributed by atoms with van der Waals surface area (Å²) in [7, 11) is 0. The van der Waals surface area contributed by atoms with E-state index >= 15 is 0 Å². The van der Waals surface area contributed by atoms with Gasteiger partial charge in [-0.2, -0.15) is 0 Å². The van der Waals surface area contributed by atoms with E-state index < -0.39 is 0 Å². The summed E-state index contributed by atoms with van der Waals surface area (Å²) in [4.78, 5) is 28.7. The van der Waals surface area contributed by atoms with Crippen LogP contribution in [0, 0.1) is 5.92 Å². The van der Waals surface area contributed by atoms with Crippen LogP contribution >= 0.6 is 11.6 Å². The zero-order chi connectivity index (χ0) is 17.6. The van der Waals surface area contributed by atoms with Crippen molar-refractivity contribution in [2.75, 3.05) is 32.8 Å². The van der Waals surface area contributed by atoms with Gasteiger partial charge in [0.1, 0.15) is 5.75 Å². The molecule has 1 aromatic rings. The monoisotopic (exact) mass is 364 g/mol. The van der Waals surface area contributed by atoms with Gasteiger partial charge in [-0.3, -0.25) is 9.59 Å². The van der Waals surface area contributed by atoms with Crippen LogP contribution in [-0.2, 0) is 9.59 Å². The molecule has 6 heteroatoms. The zero-order valence-electron chi connectivity index (χ0n) is 14.5. The highest BCUT2D eigenvalue weighted by atomic mass is 35.5. The van der Waals surface area contributed by atoms with Crippen molar-refractivity contribution in [1.82, 2.24) is 9.80 Å². The van der Waals surface area contributed by atoms with Crippen LogP contribution in [0.5, 0.6) is 5.75 Å². The summed E-state index contributed by atoms with van der Waals surface area (Å²) in [6, 6.07) is 7.13. The number of carbonyl (C=O) groups is 2. The average molecular weight is 365 g/mol. The molecular formula is C19H25ClN2O3. The first-order chi connectivity index (χ1) is 12.1. The van der Waals surface area contributed by atoms with E-state index in [0.29, 0.717) is 23.9 Å². The second kappa shape index (κ2) is 8.56. The maximum atomic E-state index is 12.6. The van der Waals surface area contributed by atoms with Crippen LogP contribution in [0.4, 0.5) is 0 Å². The molecule has 2 aliphatic heterocycles. The first-order valence-electron chi connectivity index (χ1n) is 9.09. The van der Waals surface area contributed by atoms with Crippen LogP contribution in [0.15, 0.2) is 24.3 Å². The van der Waals surface area contributed by atoms with Gasteiger partial charge in [0.05, 0.1) is 5.02 Å². The largest absolute Gasteiger partial charge is 0.482 e. The Morgan fingerprint density at radius 1 is 1.00 bits per heavy atom. The fourth-order valence-corrected chi connectivity index (χ4v) is 3.73. The highest BCUT2D eigenvalue weighted by Crippen LogP contribution is 2.24. The van der Waals surface area contributed by atoms with Gasteiger partial charge in [-0.05, 0) is 44.2 Å². The summed E-state index contributed by atoms with van der Waals surface area (Å²) in [5.41, 5.74) is 0. The summed E-state index contributed by atoms with van der Waals surface area (Å²) in [5, 5.41) is 0.501. The Hall–Kier alpha value is -1.75. The molecule has 0 N–H and O–H groups in total. The lowest BCUT2D eigenvalue weighted by Gasteiger charge is -2.35. The smallest absolute Gasteiger partial charge is 0.260 e. The van der Waals surface area contributed by atoms with E-state index in [0.717, 1.165) is 38.8 Å². The van der Waals surface area contributed by atoms with Gasteiger partial charge in [0, 0.05) is 32.1 Å². The highest BCUT2D eigenvalue weighted by Gasteiger charge is 2.30. The third-order valence-corrected chi connectivity index (χ3v) is 5.36. The topological polar surface area (TPSA) is 49.9 Å². The molecule has 0 radical (unpaired) electrons. The van der Waals surface area contributed by atoms with Crippen molar-refractivity contribution >= 4 is 23.4 Å². The van der Waals surface area contributed by atoms with Crippen molar-refractivity contribution in [3.05, 3.63) is 29.3 Å². The first-order valence-corrected chi connectivity index (χ1v) is 9.47. The minimum atomic E-state index is -0.0520. The number of halogens is 1. The normalized spacial score (nSPS) is 18.9. The predicted octanol–water partition coefficient (Wildman–Crippen LogP) is 2.97. The summed E-state index contributed by atoms with van der Waals surface area (Å²) in [6.45, 7) is 3.01. The average Bonchev–Trinajstić information content (AvgIpc) is 2.67. The van der Waals surface area contributed by atoms with E-state index in [1.54, 1.807) is 17.0 Å². The van der Waals surface area contributed by atoms with Gasteiger partial charge in [-0.1, -0.05) is 23.7 Å². The fourth-order valence-electron chi connectivity index (χ4n) is 3.54. The number of hydrogen-bond donors (Lipinski definition) is 0. The Kier molecular flexibility index (Phi) is 6.19. The van der Waals surface area contributed by atoms with Crippen molar-refractivity contribution in [1.29, 1.82) is 0 Å². The van der Waals surface area contributed by atoms with E-state index in [-0.39, 0.29) is 24.3 Å². The van der Waals surface area contributed by atoms with Crippen LogP contribution in [0.1, 0.15) is 32.1 Å². The van der Waals surface area contributed by atoms with Gasteiger partial charge in [-0.15, -0.1) is 0 Å². The number of rotatable bonds is 4. The number of amides is 2. The predicted molar refractivity (Wildman–Crippen MR) is 96.7 cm³/mol. The standard InChI is InChI=1S/C19H25ClN2O3/c20-16-6-2-3-7-17(16)25-14-18(23)21-12-8-15(9-13-21)19(24)22-10-4-1-5-11-22/h2-3,6-7,15H,1,4-5,8-14H2. The summed E-state index contributed by atoms with van der Waals surface area (Å²) >= 11 is 6.03. The highest BCUT2D eigenvalue weighted by molar-refractivity contribution is 6.32. The van der Waals surface area contributed by atoms with Gasteiger partial charge in [0.2, 0.25) is 5.91 Å². The molecular weight excluding hydrogens is 340 g/mol. The van der Waals surface area contributed by atoms with Crippen LogP contribution in [0.3, 0.4) is 0 Å². The third-order valence-electron chi connectivity index (χ3n) is 5.05. The molecule has 0 unspecified atom stereocenters. The lowest BCUT2D eigenvalue weighted by atomic mass is 9.94. The quantitative estimate of drug-likeness (QED) is 0.825. The van der Waals surface area contributed by atoms with Crippen LogP contribution in [0.2, 0.25) is 5.02 Å². The second-order valence-corrected chi connectivity index (χ2v) is 7.17. The summed E-state index contributed by atoms with van der Waals surface area (Å²) < 4.78 is 5.52. The lowest BCUT2D eigenvalue weighted by molar-refractivity contribution is -0.142. The molecule has 136 valence electrons. The summed E-state index contributed by atoms with van der Waals surface area (Å²) in [6.07, 6.45) is 4.94. The van der Waals surface area contributed by atoms with Gasteiger partial charge in [0.25, 0.3) is 5.91 Å². The maximum absolute atomic E-state index is 12.6. The number of carbonyl (C=O) groups excluding carboxylic acids is 2. The van der Waals surface area contributed by atoms with Crippen molar-refractivity contribution in [2.45, 2.75) is 32.1 Å². The molecule has 2 aliphatic rings. The van der Waals surface area contributed by atoms with Gasteiger partial charge >= 0.3 is 0 Å². The van der Waals surface area contributed by atoms with Crippen LogP contribution < -0.4 is 4.74 Å². The molecule has 0 atom stereocenters.